The number of benzene rings is 2. The first-order valence-electron chi connectivity index (χ1n) is 12.5. The van der Waals surface area contributed by atoms with E-state index in [-0.39, 0.29) is 23.3 Å². The summed E-state index contributed by atoms with van der Waals surface area (Å²) in [6.45, 7) is 4.46. The Balaban J connectivity index is 1.48. The molecule has 0 aliphatic rings. The lowest BCUT2D eigenvalue weighted by Crippen LogP contribution is -2.44. The summed E-state index contributed by atoms with van der Waals surface area (Å²) in [5, 5.41) is 14.1. The fourth-order valence-electron chi connectivity index (χ4n) is 4.31. The van der Waals surface area contributed by atoms with Gasteiger partial charge in [-0.25, -0.2) is 8.42 Å². The average Bonchev–Trinajstić information content (AvgIpc) is 3.27. The number of nitrogen functional groups attached to an aromatic ring is 1. The molecular weight excluding hydrogens is 476 g/mol. The molecule has 5 N–H and O–H groups in total. The molecule has 0 aliphatic heterocycles. The van der Waals surface area contributed by atoms with Gasteiger partial charge in [-0.3, -0.25) is 4.79 Å². The number of hydrogen-bond donors (Lipinski definition) is 4. The number of unbranched alkanes of at least 4 members (excludes halogenated alkanes) is 1. The number of sulfonamides is 1. The van der Waals surface area contributed by atoms with E-state index in [4.69, 9.17) is 5.73 Å². The number of aliphatic hydroxyl groups is 1. The van der Waals surface area contributed by atoms with Crippen LogP contribution in [0.1, 0.15) is 45.1 Å². The molecule has 1 atom stereocenters. The Labute approximate surface area is 213 Å². The van der Waals surface area contributed by atoms with E-state index < -0.39 is 16.1 Å². The predicted molar refractivity (Wildman–Crippen MR) is 144 cm³/mol. The highest BCUT2D eigenvalue weighted by Gasteiger charge is 2.31. The molecule has 0 saturated heterocycles. The van der Waals surface area contributed by atoms with Crippen LogP contribution in [0, 0.1) is 5.92 Å². The molecule has 2 aromatic carbocycles. The number of aromatic amines is 1. The minimum absolute atomic E-state index is 0.00801. The minimum atomic E-state index is -3.78. The number of hydrogen-bond acceptors (Lipinski definition) is 5. The monoisotopic (exact) mass is 514 g/mol. The van der Waals surface area contributed by atoms with Crippen LogP contribution in [0.3, 0.4) is 0 Å². The SMILES string of the molecule is CC(C)CN([C@H](CO)CCCCNC(=O)CCc1c[nH]c2ccccc12)S(=O)(=O)c1ccc(N)cc1. The van der Waals surface area contributed by atoms with Crippen LogP contribution in [-0.2, 0) is 21.2 Å². The van der Waals surface area contributed by atoms with Gasteiger partial charge < -0.3 is 21.1 Å². The maximum Gasteiger partial charge on any atom is 0.243 e. The molecular formula is C27H38N4O4S. The van der Waals surface area contributed by atoms with E-state index in [1.54, 1.807) is 12.1 Å². The summed E-state index contributed by atoms with van der Waals surface area (Å²) in [6, 6.07) is 13.6. The summed E-state index contributed by atoms with van der Waals surface area (Å²) in [7, 11) is -3.78. The second-order valence-corrected chi connectivity index (χ2v) is 11.5. The minimum Gasteiger partial charge on any atom is -0.399 e. The molecule has 1 amide bonds. The number of nitrogens with zero attached hydrogens (tertiary/aromatic N) is 1. The highest BCUT2D eigenvalue weighted by atomic mass is 32.2. The van der Waals surface area contributed by atoms with Crippen molar-refractivity contribution in [2.45, 2.75) is 56.9 Å². The van der Waals surface area contributed by atoms with Crippen LogP contribution in [0.2, 0.25) is 0 Å². The van der Waals surface area contributed by atoms with E-state index in [0.717, 1.165) is 16.5 Å². The molecule has 3 rings (SSSR count). The van der Waals surface area contributed by atoms with Crippen molar-refractivity contribution in [2.24, 2.45) is 5.92 Å². The van der Waals surface area contributed by atoms with Gasteiger partial charge >= 0.3 is 0 Å². The molecule has 0 aliphatic carbocycles. The third-order valence-corrected chi connectivity index (χ3v) is 8.16. The molecule has 196 valence electrons. The van der Waals surface area contributed by atoms with Gasteiger partial charge in [-0.05, 0) is 61.1 Å². The summed E-state index contributed by atoms with van der Waals surface area (Å²) >= 11 is 0. The first-order chi connectivity index (χ1) is 17.2. The number of aromatic nitrogens is 1. The van der Waals surface area contributed by atoms with Gasteiger partial charge in [0.25, 0.3) is 0 Å². The van der Waals surface area contributed by atoms with Crippen LogP contribution < -0.4 is 11.1 Å². The smallest absolute Gasteiger partial charge is 0.243 e. The summed E-state index contributed by atoms with van der Waals surface area (Å²) in [5.74, 6) is 0.0883. The zero-order valence-corrected chi connectivity index (χ0v) is 21.9. The number of fused-ring (bicyclic) bond motifs is 1. The molecule has 1 heterocycles. The van der Waals surface area contributed by atoms with E-state index in [2.05, 4.69) is 10.3 Å². The molecule has 0 bridgehead atoms. The van der Waals surface area contributed by atoms with Gasteiger partial charge in [0.15, 0.2) is 0 Å². The normalized spacial score (nSPS) is 12.9. The zero-order chi connectivity index (χ0) is 26.1. The van der Waals surface area contributed by atoms with Gasteiger partial charge in [0.1, 0.15) is 0 Å². The highest BCUT2D eigenvalue weighted by molar-refractivity contribution is 7.89. The van der Waals surface area contributed by atoms with Gasteiger partial charge in [-0.2, -0.15) is 4.31 Å². The molecule has 0 radical (unpaired) electrons. The first kappa shape index (κ1) is 27.7. The molecule has 8 nitrogen and oxygen atoms in total. The van der Waals surface area contributed by atoms with Crippen molar-refractivity contribution in [2.75, 3.05) is 25.4 Å². The number of carbonyl (C=O) groups is 1. The van der Waals surface area contributed by atoms with Crippen molar-refractivity contribution < 1.29 is 18.3 Å². The van der Waals surface area contributed by atoms with Crippen LogP contribution in [0.25, 0.3) is 10.9 Å². The number of nitrogens with two attached hydrogens (primary N) is 1. The number of para-hydroxylation sites is 1. The lowest BCUT2D eigenvalue weighted by molar-refractivity contribution is -0.121. The van der Waals surface area contributed by atoms with E-state index in [9.17, 15) is 18.3 Å². The van der Waals surface area contributed by atoms with Gasteiger partial charge in [0.05, 0.1) is 11.5 Å². The van der Waals surface area contributed by atoms with Crippen LogP contribution in [0.4, 0.5) is 5.69 Å². The zero-order valence-electron chi connectivity index (χ0n) is 21.1. The fraction of sp³-hybridized carbons (Fsp3) is 0.444. The van der Waals surface area contributed by atoms with Crippen LogP contribution >= 0.6 is 0 Å². The maximum absolute atomic E-state index is 13.3. The van der Waals surface area contributed by atoms with Crippen molar-refractivity contribution >= 4 is 32.5 Å². The number of anilines is 1. The molecule has 1 aromatic heterocycles. The van der Waals surface area contributed by atoms with E-state index in [0.29, 0.717) is 50.9 Å². The second-order valence-electron chi connectivity index (χ2n) is 9.58. The number of nitrogens with one attached hydrogen (secondary N) is 2. The van der Waals surface area contributed by atoms with Crippen molar-refractivity contribution in [3.63, 3.8) is 0 Å². The van der Waals surface area contributed by atoms with Gasteiger partial charge in [0, 0.05) is 48.3 Å². The average molecular weight is 515 g/mol. The number of carbonyl (C=O) groups excluding carboxylic acids is 1. The summed E-state index contributed by atoms with van der Waals surface area (Å²) in [6.07, 6.45) is 4.90. The number of aliphatic hydroxyl groups excluding tert-OH is 1. The van der Waals surface area contributed by atoms with Crippen LogP contribution in [0.15, 0.2) is 59.6 Å². The first-order valence-corrected chi connectivity index (χ1v) is 14.0. The van der Waals surface area contributed by atoms with E-state index in [1.807, 2.05) is 44.3 Å². The number of amides is 1. The Morgan fingerprint density at radius 2 is 1.83 bits per heavy atom. The summed E-state index contributed by atoms with van der Waals surface area (Å²) in [4.78, 5) is 15.7. The quantitative estimate of drug-likeness (QED) is 0.193. The lowest BCUT2D eigenvalue weighted by Gasteiger charge is -2.31. The topological polar surface area (TPSA) is 129 Å². The Morgan fingerprint density at radius 3 is 2.53 bits per heavy atom. The Hall–Kier alpha value is -2.88. The largest absolute Gasteiger partial charge is 0.399 e. The predicted octanol–water partition coefficient (Wildman–Crippen LogP) is 3.68. The highest BCUT2D eigenvalue weighted by Crippen LogP contribution is 2.23. The van der Waals surface area contributed by atoms with Crippen molar-refractivity contribution in [3.05, 3.63) is 60.3 Å². The summed E-state index contributed by atoms with van der Waals surface area (Å²) in [5.41, 5.74) is 8.40. The third kappa shape index (κ3) is 7.32. The van der Waals surface area contributed by atoms with E-state index in [1.165, 1.54) is 16.4 Å². The molecule has 0 unspecified atom stereocenters. The molecule has 0 saturated carbocycles. The van der Waals surface area contributed by atoms with Crippen LogP contribution in [0.5, 0.6) is 0 Å². The standard InChI is InChI=1S/C27H38N4O4S/c1-20(2)18-31(36(34,35)24-13-11-22(28)12-14-24)23(19-32)7-5-6-16-29-27(33)15-10-21-17-30-26-9-4-3-8-25(21)26/h3-4,8-9,11-14,17,20,23,30,32H,5-7,10,15-16,18-19,28H2,1-2H3,(H,29,33)/t23-/m0/s1. The lowest BCUT2D eigenvalue weighted by atomic mass is 10.1. The summed E-state index contributed by atoms with van der Waals surface area (Å²) < 4.78 is 28.1. The third-order valence-electron chi connectivity index (χ3n) is 6.23. The fourth-order valence-corrected chi connectivity index (χ4v) is 6.12. The van der Waals surface area contributed by atoms with Crippen molar-refractivity contribution in [3.8, 4) is 0 Å². The number of rotatable bonds is 14. The Kier molecular flexibility index (Phi) is 9.92. The van der Waals surface area contributed by atoms with Crippen molar-refractivity contribution in [1.29, 1.82) is 0 Å². The number of H-pyrrole nitrogens is 1. The van der Waals surface area contributed by atoms with Crippen LogP contribution in [-0.4, -0.2) is 54.5 Å². The van der Waals surface area contributed by atoms with Gasteiger partial charge in [-0.15, -0.1) is 0 Å². The number of aryl methyl sites for hydroxylation is 1. The molecule has 0 spiro atoms. The molecule has 0 fully saturated rings. The Bertz CT molecular complexity index is 1220. The maximum atomic E-state index is 13.3. The second kappa shape index (κ2) is 12.9. The molecule has 3 aromatic rings. The van der Waals surface area contributed by atoms with Crippen molar-refractivity contribution in [1.82, 2.24) is 14.6 Å². The Morgan fingerprint density at radius 1 is 1.11 bits per heavy atom. The van der Waals surface area contributed by atoms with E-state index >= 15 is 0 Å². The molecule has 36 heavy (non-hydrogen) atoms. The molecule has 9 heteroatoms. The van der Waals surface area contributed by atoms with Gasteiger partial charge in [0.2, 0.25) is 15.9 Å². The van der Waals surface area contributed by atoms with Gasteiger partial charge in [-0.1, -0.05) is 38.5 Å².